The lowest BCUT2D eigenvalue weighted by atomic mass is 10.1. The van der Waals surface area contributed by atoms with Crippen molar-refractivity contribution in [3.8, 4) is 11.5 Å². The van der Waals surface area contributed by atoms with Gasteiger partial charge < -0.3 is 20.5 Å². The average Bonchev–Trinajstić information content (AvgIpc) is 2.89. The highest BCUT2D eigenvalue weighted by Crippen LogP contribution is 2.28. The summed E-state index contributed by atoms with van der Waals surface area (Å²) >= 11 is 0. The van der Waals surface area contributed by atoms with Crippen molar-refractivity contribution in [3.63, 3.8) is 0 Å². The highest BCUT2D eigenvalue weighted by Gasteiger charge is 2.17. The van der Waals surface area contributed by atoms with Gasteiger partial charge in [0.25, 0.3) is 15.9 Å². The van der Waals surface area contributed by atoms with Crippen molar-refractivity contribution < 1.29 is 22.7 Å². The third-order valence-electron chi connectivity index (χ3n) is 5.32. The van der Waals surface area contributed by atoms with Crippen molar-refractivity contribution >= 4 is 33.0 Å². The summed E-state index contributed by atoms with van der Waals surface area (Å²) in [6, 6.07) is 26.8. The second-order valence-electron chi connectivity index (χ2n) is 7.80. The van der Waals surface area contributed by atoms with E-state index in [-0.39, 0.29) is 17.4 Å². The number of rotatable bonds is 9. The molecular weight excluding hydrogens is 478 g/mol. The Hall–Kier alpha value is -4.50. The Balaban J connectivity index is 1.41. The molecule has 4 aromatic carbocycles. The predicted octanol–water partition coefficient (Wildman–Crippen LogP) is 4.91. The van der Waals surface area contributed by atoms with Crippen LogP contribution in [0.5, 0.6) is 11.5 Å². The lowest BCUT2D eigenvalue weighted by Crippen LogP contribution is -2.14. The molecule has 1 amide bonds. The molecule has 0 aliphatic heterocycles. The predicted molar refractivity (Wildman–Crippen MR) is 140 cm³/mol. The van der Waals surface area contributed by atoms with Gasteiger partial charge in [0, 0.05) is 5.56 Å². The maximum Gasteiger partial charge on any atom is 0.262 e. The van der Waals surface area contributed by atoms with Gasteiger partial charge in [0.2, 0.25) is 0 Å². The van der Waals surface area contributed by atoms with Gasteiger partial charge in [-0.3, -0.25) is 9.52 Å². The van der Waals surface area contributed by atoms with Crippen LogP contribution in [-0.4, -0.2) is 21.4 Å². The van der Waals surface area contributed by atoms with Crippen LogP contribution in [0.1, 0.15) is 15.9 Å². The lowest BCUT2D eigenvalue weighted by Gasteiger charge is -2.14. The van der Waals surface area contributed by atoms with E-state index in [0.717, 1.165) is 5.56 Å². The molecule has 36 heavy (non-hydrogen) atoms. The number of hydrogen-bond donors (Lipinski definition) is 3. The zero-order chi connectivity index (χ0) is 25.5. The summed E-state index contributed by atoms with van der Waals surface area (Å²) in [6.07, 6.45) is 0. The smallest absolute Gasteiger partial charge is 0.262 e. The molecule has 4 N–H and O–H groups in total. The number of amides is 1. The first-order valence-corrected chi connectivity index (χ1v) is 12.5. The van der Waals surface area contributed by atoms with E-state index in [2.05, 4.69) is 10.0 Å². The number of nitrogen functional groups attached to an aromatic ring is 1. The van der Waals surface area contributed by atoms with Gasteiger partial charge in [-0.1, -0.05) is 36.4 Å². The molecule has 0 saturated carbocycles. The van der Waals surface area contributed by atoms with Gasteiger partial charge in [0.1, 0.15) is 18.1 Å². The summed E-state index contributed by atoms with van der Waals surface area (Å²) in [5, 5.41) is 2.79. The van der Waals surface area contributed by atoms with E-state index < -0.39 is 10.0 Å². The van der Waals surface area contributed by atoms with Crippen LogP contribution in [0.4, 0.5) is 17.1 Å². The molecule has 0 radical (unpaired) electrons. The quantitative estimate of drug-likeness (QED) is 0.279. The number of para-hydroxylation sites is 4. The van der Waals surface area contributed by atoms with E-state index in [4.69, 9.17) is 15.2 Å². The van der Waals surface area contributed by atoms with Crippen molar-refractivity contribution in [1.82, 2.24) is 0 Å². The first-order chi connectivity index (χ1) is 17.4. The molecule has 0 aliphatic rings. The van der Waals surface area contributed by atoms with Crippen molar-refractivity contribution in [3.05, 3.63) is 108 Å². The average molecular weight is 504 g/mol. The highest BCUT2D eigenvalue weighted by molar-refractivity contribution is 7.92. The fourth-order valence-corrected chi connectivity index (χ4v) is 4.42. The van der Waals surface area contributed by atoms with Crippen LogP contribution >= 0.6 is 0 Å². The first-order valence-electron chi connectivity index (χ1n) is 11.0. The normalized spacial score (nSPS) is 10.9. The molecular formula is C27H25N3O5S. The second-order valence-corrected chi connectivity index (χ2v) is 9.49. The molecule has 184 valence electrons. The molecule has 0 aromatic heterocycles. The van der Waals surface area contributed by atoms with Gasteiger partial charge in [-0.05, 0) is 66.2 Å². The summed E-state index contributed by atoms with van der Waals surface area (Å²) in [7, 11) is -2.31. The number of anilines is 3. The minimum atomic E-state index is -3.83. The van der Waals surface area contributed by atoms with E-state index >= 15 is 0 Å². The molecule has 0 heterocycles. The number of methoxy groups -OCH3 is 1. The van der Waals surface area contributed by atoms with Gasteiger partial charge in [-0.25, -0.2) is 8.42 Å². The van der Waals surface area contributed by atoms with E-state index in [0.29, 0.717) is 34.1 Å². The van der Waals surface area contributed by atoms with E-state index in [1.165, 1.54) is 19.2 Å². The molecule has 4 rings (SSSR count). The Morgan fingerprint density at radius 3 is 2.14 bits per heavy atom. The molecule has 0 aliphatic carbocycles. The SMILES string of the molecule is COc1ccc(S(=O)(=O)Nc2ccccc2OCc2ccc(C(=O)Nc3ccccc3N)cc2)cc1. The van der Waals surface area contributed by atoms with E-state index in [1.807, 2.05) is 0 Å². The number of hydrogen-bond acceptors (Lipinski definition) is 6. The topological polar surface area (TPSA) is 120 Å². The second kappa shape index (κ2) is 10.8. The maximum absolute atomic E-state index is 12.8. The van der Waals surface area contributed by atoms with Crippen LogP contribution in [0.15, 0.2) is 102 Å². The summed E-state index contributed by atoms with van der Waals surface area (Å²) in [5.41, 5.74) is 8.49. The van der Waals surface area contributed by atoms with Crippen molar-refractivity contribution in [2.24, 2.45) is 0 Å². The Bertz CT molecular complexity index is 1450. The fourth-order valence-electron chi connectivity index (χ4n) is 3.35. The number of sulfonamides is 1. The van der Waals surface area contributed by atoms with Crippen LogP contribution in [0.2, 0.25) is 0 Å². The maximum atomic E-state index is 12.8. The summed E-state index contributed by atoms with van der Waals surface area (Å²) in [6.45, 7) is 0.175. The largest absolute Gasteiger partial charge is 0.497 e. The van der Waals surface area contributed by atoms with Crippen LogP contribution in [-0.2, 0) is 16.6 Å². The summed E-state index contributed by atoms with van der Waals surface area (Å²) in [4.78, 5) is 12.6. The third-order valence-corrected chi connectivity index (χ3v) is 6.70. The summed E-state index contributed by atoms with van der Waals surface area (Å²) in [5.74, 6) is 0.653. The summed E-state index contributed by atoms with van der Waals surface area (Å²) < 4.78 is 39.2. The van der Waals surface area contributed by atoms with E-state index in [1.54, 1.807) is 84.9 Å². The number of carbonyl (C=O) groups excluding carboxylic acids is 1. The van der Waals surface area contributed by atoms with Crippen molar-refractivity contribution in [2.75, 3.05) is 22.9 Å². The minimum Gasteiger partial charge on any atom is -0.497 e. The molecule has 9 heteroatoms. The van der Waals surface area contributed by atoms with Crippen LogP contribution < -0.4 is 25.2 Å². The van der Waals surface area contributed by atoms with Gasteiger partial charge in [-0.15, -0.1) is 0 Å². The van der Waals surface area contributed by atoms with Gasteiger partial charge in [0.15, 0.2) is 0 Å². The monoisotopic (exact) mass is 503 g/mol. The van der Waals surface area contributed by atoms with Crippen molar-refractivity contribution in [1.29, 1.82) is 0 Å². The van der Waals surface area contributed by atoms with Gasteiger partial charge in [0.05, 0.1) is 29.1 Å². The number of nitrogens with one attached hydrogen (secondary N) is 2. The zero-order valence-electron chi connectivity index (χ0n) is 19.5. The molecule has 0 saturated heterocycles. The Morgan fingerprint density at radius 1 is 0.833 bits per heavy atom. The van der Waals surface area contributed by atoms with E-state index in [9.17, 15) is 13.2 Å². The molecule has 0 spiro atoms. The lowest BCUT2D eigenvalue weighted by molar-refractivity contribution is 0.102. The van der Waals surface area contributed by atoms with Gasteiger partial charge in [-0.2, -0.15) is 0 Å². The Kier molecular flexibility index (Phi) is 7.41. The highest BCUT2D eigenvalue weighted by atomic mass is 32.2. The molecule has 8 nitrogen and oxygen atoms in total. The van der Waals surface area contributed by atoms with Crippen LogP contribution in [0.25, 0.3) is 0 Å². The van der Waals surface area contributed by atoms with Crippen molar-refractivity contribution in [2.45, 2.75) is 11.5 Å². The number of benzene rings is 4. The van der Waals surface area contributed by atoms with Crippen LogP contribution in [0, 0.1) is 0 Å². The molecule has 4 aromatic rings. The molecule has 0 atom stereocenters. The zero-order valence-corrected chi connectivity index (χ0v) is 20.3. The number of ether oxygens (including phenoxy) is 2. The molecule has 0 bridgehead atoms. The third kappa shape index (κ3) is 5.94. The fraction of sp³-hybridized carbons (Fsp3) is 0.0741. The van der Waals surface area contributed by atoms with Gasteiger partial charge >= 0.3 is 0 Å². The number of carbonyl (C=O) groups is 1. The standard InChI is InChI=1S/C27H25N3O5S/c1-34-21-14-16-22(17-15-21)36(32,33)30-25-8-4-5-9-26(25)35-18-19-10-12-20(13-11-19)27(31)29-24-7-3-2-6-23(24)28/h2-17,30H,18,28H2,1H3,(H,29,31). The molecule has 0 fully saturated rings. The minimum absolute atomic E-state index is 0.101. The Labute approximate surface area is 209 Å². The Morgan fingerprint density at radius 2 is 1.47 bits per heavy atom. The molecule has 0 unspecified atom stereocenters. The van der Waals surface area contributed by atoms with Crippen LogP contribution in [0.3, 0.4) is 0 Å². The first kappa shape index (κ1) is 24.6. The number of nitrogens with two attached hydrogens (primary N) is 1.